The Bertz CT molecular complexity index is 510. The molecule has 0 fully saturated rings. The van der Waals surface area contributed by atoms with E-state index in [1.807, 2.05) is 6.07 Å². The molecule has 1 heterocycles. The molecule has 0 aliphatic heterocycles. The zero-order valence-electron chi connectivity index (χ0n) is 10.9. The first-order valence-electron chi connectivity index (χ1n) is 5.77. The second-order valence-electron chi connectivity index (χ2n) is 3.78. The normalized spacial score (nSPS) is 11.4. The van der Waals surface area contributed by atoms with E-state index < -0.39 is 12.0 Å². The molecule has 1 amide bonds. The van der Waals surface area contributed by atoms with Gasteiger partial charge in [-0.15, -0.1) is 11.3 Å². The zero-order chi connectivity index (χ0) is 15.0. The molecular formula is C12H15N3O3S2. The van der Waals surface area contributed by atoms with Crippen molar-refractivity contribution in [2.24, 2.45) is 5.73 Å². The Balaban J connectivity index is 2.24. The van der Waals surface area contributed by atoms with Crippen LogP contribution in [0.3, 0.4) is 0 Å². The van der Waals surface area contributed by atoms with E-state index >= 15 is 0 Å². The molecule has 1 aromatic heterocycles. The Hall–Kier alpha value is -1.56. The van der Waals surface area contributed by atoms with Crippen LogP contribution in [0.5, 0.6) is 0 Å². The number of amides is 1. The van der Waals surface area contributed by atoms with E-state index in [9.17, 15) is 9.59 Å². The number of nitrogens with zero attached hydrogens (tertiary/aromatic N) is 1. The molecule has 0 aromatic carbocycles. The van der Waals surface area contributed by atoms with Crippen LogP contribution in [0.1, 0.15) is 12.0 Å². The van der Waals surface area contributed by atoms with Crippen molar-refractivity contribution in [2.45, 2.75) is 12.5 Å². The van der Waals surface area contributed by atoms with Gasteiger partial charge in [0.15, 0.2) is 0 Å². The van der Waals surface area contributed by atoms with E-state index in [4.69, 9.17) is 11.0 Å². The smallest absolute Gasteiger partial charge is 0.323 e. The molecule has 0 spiro atoms. The number of anilines is 1. The largest absolute Gasteiger partial charge is 0.468 e. The number of esters is 1. The van der Waals surface area contributed by atoms with Crippen molar-refractivity contribution in [2.75, 3.05) is 23.9 Å². The van der Waals surface area contributed by atoms with Gasteiger partial charge in [-0.05, 0) is 11.4 Å². The van der Waals surface area contributed by atoms with Crippen LogP contribution in [0, 0.1) is 11.3 Å². The number of hydrogen-bond acceptors (Lipinski definition) is 7. The SMILES string of the molecule is COC(=O)C(N)CSCCC(=O)Nc1sccc1C#N. The third kappa shape index (κ3) is 5.21. The molecule has 0 radical (unpaired) electrons. The zero-order valence-corrected chi connectivity index (χ0v) is 12.6. The second-order valence-corrected chi connectivity index (χ2v) is 5.84. The first-order chi connectivity index (χ1) is 9.58. The maximum absolute atomic E-state index is 11.7. The first-order valence-corrected chi connectivity index (χ1v) is 7.80. The molecule has 0 bridgehead atoms. The minimum Gasteiger partial charge on any atom is -0.468 e. The third-order valence-corrected chi connectivity index (χ3v) is 4.23. The predicted molar refractivity (Wildman–Crippen MR) is 79.6 cm³/mol. The van der Waals surface area contributed by atoms with E-state index in [1.54, 1.807) is 11.4 Å². The minimum absolute atomic E-state index is 0.164. The van der Waals surface area contributed by atoms with Crippen LogP contribution in [-0.4, -0.2) is 36.5 Å². The Kier molecular flexibility index (Phi) is 7.08. The van der Waals surface area contributed by atoms with Crippen LogP contribution in [0.2, 0.25) is 0 Å². The van der Waals surface area contributed by atoms with Crippen LogP contribution < -0.4 is 11.1 Å². The number of nitrogens with two attached hydrogens (primary N) is 1. The van der Waals surface area contributed by atoms with Gasteiger partial charge in [0.1, 0.15) is 17.1 Å². The number of ether oxygens (including phenoxy) is 1. The predicted octanol–water partition coefficient (Wildman–Crippen LogP) is 1.18. The van der Waals surface area contributed by atoms with Gasteiger partial charge >= 0.3 is 5.97 Å². The summed E-state index contributed by atoms with van der Waals surface area (Å²) in [6.45, 7) is 0. The van der Waals surface area contributed by atoms with Crippen molar-refractivity contribution in [1.29, 1.82) is 5.26 Å². The Morgan fingerprint density at radius 2 is 2.40 bits per heavy atom. The molecule has 0 aliphatic rings. The lowest BCUT2D eigenvalue weighted by molar-refractivity contribution is -0.141. The van der Waals surface area contributed by atoms with Gasteiger partial charge in [0.25, 0.3) is 0 Å². The third-order valence-electron chi connectivity index (χ3n) is 2.31. The minimum atomic E-state index is -0.671. The van der Waals surface area contributed by atoms with Gasteiger partial charge in [0.05, 0.1) is 12.7 Å². The standard InChI is InChI=1S/C12H15N3O3S2/c1-18-12(17)9(14)7-19-4-3-10(16)15-11-8(6-13)2-5-20-11/h2,5,9H,3-4,7,14H2,1H3,(H,15,16). The Labute approximate surface area is 125 Å². The van der Waals surface area contributed by atoms with Crippen molar-refractivity contribution in [3.8, 4) is 6.07 Å². The lowest BCUT2D eigenvalue weighted by Gasteiger charge is -2.08. The molecule has 8 heteroatoms. The molecule has 3 N–H and O–H groups in total. The first kappa shape index (κ1) is 16.5. The maximum Gasteiger partial charge on any atom is 0.323 e. The highest BCUT2D eigenvalue weighted by atomic mass is 32.2. The van der Waals surface area contributed by atoms with Gasteiger partial charge in [-0.2, -0.15) is 17.0 Å². The highest BCUT2D eigenvalue weighted by molar-refractivity contribution is 7.99. The number of thiophene rings is 1. The number of thioether (sulfide) groups is 1. The fourth-order valence-corrected chi connectivity index (χ4v) is 2.92. The van der Waals surface area contributed by atoms with E-state index in [2.05, 4.69) is 10.1 Å². The van der Waals surface area contributed by atoms with Crippen LogP contribution in [0.15, 0.2) is 11.4 Å². The van der Waals surface area contributed by atoms with Gasteiger partial charge in [0, 0.05) is 17.9 Å². The molecular weight excluding hydrogens is 298 g/mol. The second kappa shape index (κ2) is 8.58. The quantitative estimate of drug-likeness (QED) is 0.578. The molecule has 0 saturated carbocycles. The summed E-state index contributed by atoms with van der Waals surface area (Å²) >= 11 is 2.72. The van der Waals surface area contributed by atoms with Crippen LogP contribution in [0.25, 0.3) is 0 Å². The molecule has 1 atom stereocenters. The van der Waals surface area contributed by atoms with Gasteiger partial charge in [-0.1, -0.05) is 0 Å². The number of rotatable bonds is 7. The Morgan fingerprint density at radius 1 is 1.65 bits per heavy atom. The molecule has 1 unspecified atom stereocenters. The number of hydrogen-bond donors (Lipinski definition) is 2. The molecule has 20 heavy (non-hydrogen) atoms. The van der Waals surface area contributed by atoms with E-state index in [0.29, 0.717) is 28.5 Å². The van der Waals surface area contributed by atoms with Crippen molar-refractivity contribution in [3.05, 3.63) is 17.0 Å². The van der Waals surface area contributed by atoms with E-state index in [0.717, 1.165) is 0 Å². The number of nitrogens with one attached hydrogen (secondary N) is 1. The fraction of sp³-hybridized carbons (Fsp3) is 0.417. The summed E-state index contributed by atoms with van der Waals surface area (Å²) in [5, 5.41) is 13.8. The lowest BCUT2D eigenvalue weighted by atomic mass is 10.3. The van der Waals surface area contributed by atoms with Crippen molar-refractivity contribution in [1.82, 2.24) is 0 Å². The summed E-state index contributed by atoms with van der Waals surface area (Å²) in [6.07, 6.45) is 0.293. The number of carbonyl (C=O) groups is 2. The van der Waals surface area contributed by atoms with Crippen molar-refractivity contribution >= 4 is 40.0 Å². The van der Waals surface area contributed by atoms with Crippen LogP contribution in [0.4, 0.5) is 5.00 Å². The summed E-state index contributed by atoms with van der Waals surface area (Å²) in [6, 6.07) is 2.99. The van der Waals surface area contributed by atoms with Crippen LogP contribution >= 0.6 is 23.1 Å². The van der Waals surface area contributed by atoms with E-state index in [1.165, 1.54) is 30.2 Å². The van der Waals surface area contributed by atoms with Gasteiger partial charge in [0.2, 0.25) is 5.91 Å². The monoisotopic (exact) mass is 313 g/mol. The number of carbonyl (C=O) groups excluding carboxylic acids is 2. The van der Waals surface area contributed by atoms with E-state index in [-0.39, 0.29) is 5.91 Å². The summed E-state index contributed by atoms with van der Waals surface area (Å²) in [4.78, 5) is 22.7. The number of methoxy groups -OCH3 is 1. The topological polar surface area (TPSA) is 105 Å². The highest BCUT2D eigenvalue weighted by Crippen LogP contribution is 2.22. The maximum atomic E-state index is 11.7. The van der Waals surface area contributed by atoms with Crippen molar-refractivity contribution in [3.63, 3.8) is 0 Å². The van der Waals surface area contributed by atoms with Gasteiger partial charge in [-0.25, -0.2) is 0 Å². The van der Waals surface area contributed by atoms with Crippen LogP contribution in [-0.2, 0) is 14.3 Å². The molecule has 108 valence electrons. The lowest BCUT2D eigenvalue weighted by Crippen LogP contribution is -2.34. The average molecular weight is 313 g/mol. The van der Waals surface area contributed by atoms with Gasteiger partial charge in [-0.3, -0.25) is 9.59 Å². The van der Waals surface area contributed by atoms with Gasteiger partial charge < -0.3 is 15.8 Å². The summed E-state index contributed by atoms with van der Waals surface area (Å²) in [7, 11) is 1.29. The Morgan fingerprint density at radius 3 is 3.05 bits per heavy atom. The fourth-order valence-electron chi connectivity index (χ4n) is 1.28. The summed E-state index contributed by atoms with van der Waals surface area (Å²) < 4.78 is 4.50. The average Bonchev–Trinajstić information content (AvgIpc) is 2.89. The summed E-state index contributed by atoms with van der Waals surface area (Å²) in [5.74, 6) is 0.328. The number of nitriles is 1. The highest BCUT2D eigenvalue weighted by Gasteiger charge is 2.14. The summed E-state index contributed by atoms with van der Waals surface area (Å²) in [5.41, 5.74) is 6.02. The van der Waals surface area contributed by atoms with Crippen molar-refractivity contribution < 1.29 is 14.3 Å². The molecule has 1 rings (SSSR count). The molecule has 0 saturated heterocycles. The molecule has 6 nitrogen and oxygen atoms in total. The molecule has 1 aromatic rings. The molecule has 0 aliphatic carbocycles.